The van der Waals surface area contributed by atoms with Crippen LogP contribution in [0.1, 0.15) is 29.7 Å². The van der Waals surface area contributed by atoms with Gasteiger partial charge in [-0.3, -0.25) is 0 Å². The van der Waals surface area contributed by atoms with Gasteiger partial charge < -0.3 is 24.4 Å². The fourth-order valence-corrected chi connectivity index (χ4v) is 3.89. The van der Waals surface area contributed by atoms with E-state index in [1.165, 1.54) is 6.07 Å². The zero-order valence-corrected chi connectivity index (χ0v) is 13.8. The Labute approximate surface area is 145 Å². The summed E-state index contributed by atoms with van der Waals surface area (Å²) in [5.41, 5.74) is 2.21. The van der Waals surface area contributed by atoms with E-state index in [-0.39, 0.29) is 18.5 Å². The largest absolute Gasteiger partial charge is 0.508 e. The predicted molar refractivity (Wildman–Crippen MR) is 90.2 cm³/mol. The minimum atomic E-state index is -1.27. The SMILES string of the molecule is C=C(C)[C@H]1Cc2cc3c(cc2O1)OC[C@]1(O)c2ccc(O)cc2O[C@@H]31. The number of aliphatic hydroxyl groups is 1. The molecule has 0 aliphatic carbocycles. The van der Waals surface area contributed by atoms with E-state index in [4.69, 9.17) is 14.2 Å². The molecule has 0 amide bonds. The van der Waals surface area contributed by atoms with Gasteiger partial charge in [0.25, 0.3) is 0 Å². The summed E-state index contributed by atoms with van der Waals surface area (Å²) in [4.78, 5) is 0. The summed E-state index contributed by atoms with van der Waals surface area (Å²) < 4.78 is 17.8. The highest BCUT2D eigenvalue weighted by Crippen LogP contribution is 2.55. The van der Waals surface area contributed by atoms with Crippen LogP contribution in [0.2, 0.25) is 0 Å². The molecule has 0 saturated carbocycles. The molecule has 0 spiro atoms. The number of ether oxygens (including phenoxy) is 3. The third-order valence-corrected chi connectivity index (χ3v) is 5.26. The van der Waals surface area contributed by atoms with Gasteiger partial charge in [0.15, 0.2) is 11.7 Å². The average Bonchev–Trinajstić information content (AvgIpc) is 3.11. The monoisotopic (exact) mass is 338 g/mol. The maximum absolute atomic E-state index is 11.2. The van der Waals surface area contributed by atoms with Gasteiger partial charge in [-0.25, -0.2) is 0 Å². The summed E-state index contributed by atoms with van der Waals surface area (Å²) >= 11 is 0. The highest BCUT2D eigenvalue weighted by atomic mass is 16.5. The van der Waals surface area contributed by atoms with E-state index in [0.29, 0.717) is 17.1 Å². The topological polar surface area (TPSA) is 68.2 Å². The summed E-state index contributed by atoms with van der Waals surface area (Å²) in [6.07, 6.45) is 0.148. The van der Waals surface area contributed by atoms with Gasteiger partial charge in [-0.1, -0.05) is 6.58 Å². The van der Waals surface area contributed by atoms with E-state index in [1.54, 1.807) is 12.1 Å². The highest BCUT2D eigenvalue weighted by molar-refractivity contribution is 5.56. The van der Waals surface area contributed by atoms with Crippen LogP contribution in [0.15, 0.2) is 42.5 Å². The van der Waals surface area contributed by atoms with Gasteiger partial charge in [0, 0.05) is 29.7 Å². The number of hydrogen-bond donors (Lipinski definition) is 2. The second kappa shape index (κ2) is 4.70. The van der Waals surface area contributed by atoms with Crippen LogP contribution in [0.5, 0.6) is 23.0 Å². The van der Waals surface area contributed by atoms with Gasteiger partial charge in [0.05, 0.1) is 0 Å². The van der Waals surface area contributed by atoms with Crippen molar-refractivity contribution in [3.8, 4) is 23.0 Å². The minimum absolute atomic E-state index is 0.0311. The molecule has 0 radical (unpaired) electrons. The Hall–Kier alpha value is -2.66. The van der Waals surface area contributed by atoms with Crippen LogP contribution < -0.4 is 14.2 Å². The van der Waals surface area contributed by atoms with Gasteiger partial charge in [-0.15, -0.1) is 0 Å². The molecule has 128 valence electrons. The Kier molecular flexibility index (Phi) is 2.76. The first-order valence-electron chi connectivity index (χ1n) is 8.30. The van der Waals surface area contributed by atoms with Crippen molar-refractivity contribution in [1.29, 1.82) is 0 Å². The Morgan fingerprint density at radius 2 is 2.00 bits per heavy atom. The molecule has 2 aromatic carbocycles. The predicted octanol–water partition coefficient (Wildman–Crippen LogP) is 2.99. The van der Waals surface area contributed by atoms with Crippen molar-refractivity contribution in [1.82, 2.24) is 0 Å². The van der Waals surface area contributed by atoms with E-state index < -0.39 is 11.7 Å². The zero-order chi connectivity index (χ0) is 17.3. The molecule has 5 rings (SSSR count). The first-order valence-corrected chi connectivity index (χ1v) is 8.30. The fourth-order valence-electron chi connectivity index (χ4n) is 3.89. The maximum atomic E-state index is 11.2. The summed E-state index contributed by atoms with van der Waals surface area (Å²) in [6, 6.07) is 8.63. The van der Waals surface area contributed by atoms with E-state index >= 15 is 0 Å². The molecule has 3 atom stereocenters. The van der Waals surface area contributed by atoms with E-state index in [0.717, 1.165) is 28.9 Å². The van der Waals surface area contributed by atoms with Gasteiger partial charge in [-0.05, 0) is 36.3 Å². The highest BCUT2D eigenvalue weighted by Gasteiger charge is 2.53. The lowest BCUT2D eigenvalue weighted by Crippen LogP contribution is -2.41. The van der Waals surface area contributed by atoms with Crippen LogP contribution in [0.25, 0.3) is 0 Å². The number of phenolic OH excluding ortho intramolecular Hbond substituents is 1. The van der Waals surface area contributed by atoms with Crippen molar-refractivity contribution in [2.75, 3.05) is 6.61 Å². The molecule has 25 heavy (non-hydrogen) atoms. The summed E-state index contributed by atoms with van der Waals surface area (Å²) in [7, 11) is 0. The van der Waals surface area contributed by atoms with Crippen LogP contribution in [-0.2, 0) is 12.0 Å². The lowest BCUT2D eigenvalue weighted by Gasteiger charge is -2.35. The van der Waals surface area contributed by atoms with E-state index in [1.807, 2.05) is 19.1 Å². The van der Waals surface area contributed by atoms with Crippen LogP contribution in [-0.4, -0.2) is 22.9 Å². The zero-order valence-electron chi connectivity index (χ0n) is 13.8. The minimum Gasteiger partial charge on any atom is -0.508 e. The Morgan fingerprint density at radius 3 is 2.80 bits per heavy atom. The van der Waals surface area contributed by atoms with Gasteiger partial charge in [0.1, 0.15) is 35.7 Å². The van der Waals surface area contributed by atoms with Crippen molar-refractivity contribution in [3.05, 3.63) is 59.2 Å². The second-order valence-corrected chi connectivity index (χ2v) is 7.05. The number of hydrogen-bond acceptors (Lipinski definition) is 5. The quantitative estimate of drug-likeness (QED) is 0.783. The van der Waals surface area contributed by atoms with Crippen molar-refractivity contribution in [2.45, 2.75) is 31.2 Å². The Balaban J connectivity index is 1.59. The second-order valence-electron chi connectivity index (χ2n) is 7.05. The molecular weight excluding hydrogens is 320 g/mol. The molecule has 0 saturated heterocycles. The first kappa shape index (κ1) is 14.7. The summed E-state index contributed by atoms with van der Waals surface area (Å²) in [5.74, 6) is 2.05. The lowest BCUT2D eigenvalue weighted by atomic mass is 9.84. The van der Waals surface area contributed by atoms with Crippen LogP contribution >= 0.6 is 0 Å². The summed E-state index contributed by atoms with van der Waals surface area (Å²) in [6.45, 7) is 6.01. The Morgan fingerprint density at radius 1 is 1.16 bits per heavy atom. The standard InChI is InChI=1S/C20H18O5/c1-10(2)15-6-11-5-13-17(8-16(11)24-15)23-9-20(22)14-4-3-12(21)7-18(14)25-19(13)20/h3-5,7-8,15,19,21-22H,1,6,9H2,2H3/t15-,19+,20+/m1/s1. The van der Waals surface area contributed by atoms with Crippen LogP contribution in [0.4, 0.5) is 0 Å². The lowest BCUT2D eigenvalue weighted by molar-refractivity contribution is -0.0864. The summed E-state index contributed by atoms with van der Waals surface area (Å²) in [5, 5.41) is 20.9. The van der Waals surface area contributed by atoms with Gasteiger partial charge in [-0.2, -0.15) is 0 Å². The third-order valence-electron chi connectivity index (χ3n) is 5.26. The van der Waals surface area contributed by atoms with E-state index in [9.17, 15) is 10.2 Å². The number of fused-ring (bicyclic) bond motifs is 6. The molecule has 2 N–H and O–H groups in total. The number of aromatic hydroxyl groups is 1. The fraction of sp³-hybridized carbons (Fsp3) is 0.300. The van der Waals surface area contributed by atoms with Crippen molar-refractivity contribution >= 4 is 0 Å². The third kappa shape index (κ3) is 1.93. The van der Waals surface area contributed by atoms with Crippen molar-refractivity contribution in [2.24, 2.45) is 0 Å². The molecule has 0 fully saturated rings. The molecule has 3 aliphatic heterocycles. The normalized spacial score (nSPS) is 27.9. The number of benzene rings is 2. The number of rotatable bonds is 1. The number of phenols is 1. The van der Waals surface area contributed by atoms with Crippen molar-refractivity contribution in [3.63, 3.8) is 0 Å². The molecule has 3 aliphatic rings. The molecule has 5 heteroatoms. The van der Waals surface area contributed by atoms with E-state index in [2.05, 4.69) is 6.58 Å². The average molecular weight is 338 g/mol. The van der Waals surface area contributed by atoms with Crippen molar-refractivity contribution < 1.29 is 24.4 Å². The molecule has 5 nitrogen and oxygen atoms in total. The molecular formula is C20H18O5. The molecule has 3 heterocycles. The molecule has 0 bridgehead atoms. The van der Waals surface area contributed by atoms with Crippen LogP contribution in [0, 0.1) is 0 Å². The molecule has 0 aromatic heterocycles. The first-order chi connectivity index (χ1) is 12.0. The van der Waals surface area contributed by atoms with Gasteiger partial charge >= 0.3 is 0 Å². The Bertz CT molecular complexity index is 919. The molecule has 0 unspecified atom stereocenters. The maximum Gasteiger partial charge on any atom is 0.168 e. The van der Waals surface area contributed by atoms with Gasteiger partial charge in [0.2, 0.25) is 0 Å². The smallest absolute Gasteiger partial charge is 0.168 e. The van der Waals surface area contributed by atoms with Crippen LogP contribution in [0.3, 0.4) is 0 Å². The molecule has 2 aromatic rings.